The van der Waals surface area contributed by atoms with Crippen LogP contribution in [0.4, 0.5) is 5.95 Å². The Balaban J connectivity index is 1.58. The van der Waals surface area contributed by atoms with Crippen LogP contribution in [0.5, 0.6) is 0 Å². The quantitative estimate of drug-likeness (QED) is 0.515. The maximum Gasteiger partial charge on any atom is 0.267 e. The van der Waals surface area contributed by atoms with Gasteiger partial charge in [0.05, 0.1) is 23.6 Å². The smallest absolute Gasteiger partial charge is 0.246 e. The molecule has 4 aromatic rings. The van der Waals surface area contributed by atoms with Crippen molar-refractivity contribution in [1.82, 2.24) is 24.5 Å². The lowest BCUT2D eigenvalue weighted by molar-refractivity contribution is 0.599. The Labute approximate surface area is 175 Å². The molecule has 0 spiro atoms. The van der Waals surface area contributed by atoms with Gasteiger partial charge in [0.2, 0.25) is 0 Å². The van der Waals surface area contributed by atoms with Gasteiger partial charge in [-0.1, -0.05) is 48.0 Å². The summed E-state index contributed by atoms with van der Waals surface area (Å²) in [7, 11) is -3.90. The summed E-state index contributed by atoms with van der Waals surface area (Å²) in [4.78, 5) is 4.23. The third-order valence-electron chi connectivity index (χ3n) is 4.72. The Hall–Kier alpha value is -3.46. The molecule has 4 rings (SSSR count). The van der Waals surface area contributed by atoms with Gasteiger partial charge in [-0.2, -0.15) is 10.1 Å². The number of sulfonamides is 1. The van der Waals surface area contributed by atoms with Crippen LogP contribution in [0.1, 0.15) is 22.5 Å². The molecule has 0 aliphatic heterocycles. The fraction of sp³-hybridized carbons (Fsp3) is 0.190. The van der Waals surface area contributed by atoms with E-state index in [2.05, 4.69) is 19.9 Å². The van der Waals surface area contributed by atoms with E-state index in [4.69, 9.17) is 0 Å². The molecule has 0 aliphatic carbocycles. The average molecular weight is 423 g/mol. The van der Waals surface area contributed by atoms with Gasteiger partial charge in [-0.05, 0) is 38.5 Å². The summed E-state index contributed by atoms with van der Waals surface area (Å²) in [6.45, 7) is 5.92. The molecule has 0 bridgehead atoms. The molecular weight excluding hydrogens is 400 g/mol. The van der Waals surface area contributed by atoms with Crippen LogP contribution >= 0.6 is 0 Å². The molecule has 0 saturated carbocycles. The van der Waals surface area contributed by atoms with Crippen LogP contribution in [0.2, 0.25) is 0 Å². The van der Waals surface area contributed by atoms with E-state index in [0.717, 1.165) is 11.3 Å². The first-order valence-electron chi connectivity index (χ1n) is 9.43. The van der Waals surface area contributed by atoms with Crippen LogP contribution in [0.3, 0.4) is 0 Å². The van der Waals surface area contributed by atoms with E-state index in [0.29, 0.717) is 17.9 Å². The lowest BCUT2D eigenvalue weighted by atomic mass is 10.1. The lowest BCUT2D eigenvalue weighted by Gasteiger charge is -2.07. The second kappa shape index (κ2) is 7.75. The highest BCUT2D eigenvalue weighted by atomic mass is 32.2. The summed E-state index contributed by atoms with van der Waals surface area (Å²) in [5.74, 6) is 0.0216. The fourth-order valence-electron chi connectivity index (χ4n) is 3.31. The van der Waals surface area contributed by atoms with E-state index in [1.807, 2.05) is 61.5 Å². The van der Waals surface area contributed by atoms with Gasteiger partial charge in [0.15, 0.2) is 0 Å². The second-order valence-corrected chi connectivity index (χ2v) is 8.72. The van der Waals surface area contributed by atoms with Crippen molar-refractivity contribution >= 4 is 16.0 Å². The summed E-state index contributed by atoms with van der Waals surface area (Å²) in [6, 6.07) is 17.4. The number of hydrogen-bond donors (Lipinski definition) is 1. The summed E-state index contributed by atoms with van der Waals surface area (Å²) < 4.78 is 31.8. The number of hydrogen-bond acceptors (Lipinski definition) is 5. The van der Waals surface area contributed by atoms with Crippen LogP contribution in [-0.2, 0) is 16.6 Å². The largest absolute Gasteiger partial charge is 0.267 e. The Kier molecular flexibility index (Phi) is 5.13. The lowest BCUT2D eigenvalue weighted by Crippen LogP contribution is -2.16. The number of benzene rings is 2. The molecule has 1 N–H and O–H groups in total. The summed E-state index contributed by atoms with van der Waals surface area (Å²) in [5.41, 5.74) is 3.94. The Bertz CT molecular complexity index is 1280. The van der Waals surface area contributed by atoms with Crippen LogP contribution in [0.15, 0.2) is 65.8 Å². The van der Waals surface area contributed by atoms with E-state index in [9.17, 15) is 8.42 Å². The van der Waals surface area contributed by atoms with Gasteiger partial charge in [-0.25, -0.2) is 22.5 Å². The number of aryl methyl sites for hydroxylation is 2. The first-order valence-corrected chi connectivity index (χ1v) is 10.9. The number of nitrogens with zero attached hydrogens (tertiary/aromatic N) is 5. The molecule has 0 unspecified atom stereocenters. The normalized spacial score (nSPS) is 11.6. The van der Waals surface area contributed by atoms with Gasteiger partial charge < -0.3 is 0 Å². The first kappa shape index (κ1) is 19.8. The first-order chi connectivity index (χ1) is 14.3. The number of para-hydroxylation sites is 1. The third-order valence-corrected chi connectivity index (χ3v) is 6.30. The SMILES string of the molecule is Cc1ccc(Cn2cnc(NS(=O)(=O)c3c(C)nn(-c4ccccc4)c3C)n2)cc1. The topological polar surface area (TPSA) is 94.7 Å². The van der Waals surface area contributed by atoms with E-state index in [-0.39, 0.29) is 10.8 Å². The van der Waals surface area contributed by atoms with E-state index in [1.54, 1.807) is 23.2 Å². The van der Waals surface area contributed by atoms with Gasteiger partial charge in [0.1, 0.15) is 11.2 Å². The molecule has 30 heavy (non-hydrogen) atoms. The van der Waals surface area contributed by atoms with Crippen molar-refractivity contribution in [2.45, 2.75) is 32.2 Å². The second-order valence-electron chi connectivity index (χ2n) is 7.10. The summed E-state index contributed by atoms with van der Waals surface area (Å²) in [6.07, 6.45) is 1.50. The number of nitrogens with one attached hydrogen (secondary N) is 1. The zero-order valence-electron chi connectivity index (χ0n) is 16.9. The Morgan fingerprint density at radius 1 is 0.933 bits per heavy atom. The van der Waals surface area contributed by atoms with Gasteiger partial charge >= 0.3 is 0 Å². The van der Waals surface area contributed by atoms with E-state index in [1.165, 1.54) is 11.9 Å². The van der Waals surface area contributed by atoms with Crippen LogP contribution in [-0.4, -0.2) is 33.0 Å². The Morgan fingerprint density at radius 3 is 2.33 bits per heavy atom. The summed E-state index contributed by atoms with van der Waals surface area (Å²) in [5, 5.41) is 8.66. The highest BCUT2D eigenvalue weighted by Crippen LogP contribution is 2.24. The van der Waals surface area contributed by atoms with Crippen molar-refractivity contribution in [3.05, 3.63) is 83.4 Å². The maximum absolute atomic E-state index is 13.0. The molecule has 2 aromatic heterocycles. The van der Waals surface area contributed by atoms with Gasteiger partial charge in [0, 0.05) is 0 Å². The molecule has 0 fully saturated rings. The highest BCUT2D eigenvalue weighted by molar-refractivity contribution is 7.92. The number of anilines is 1. The minimum atomic E-state index is -3.90. The average Bonchev–Trinajstić information content (AvgIpc) is 3.27. The van der Waals surface area contributed by atoms with Crippen molar-refractivity contribution in [2.75, 3.05) is 4.72 Å². The molecule has 0 atom stereocenters. The summed E-state index contributed by atoms with van der Waals surface area (Å²) >= 11 is 0. The molecule has 2 heterocycles. The molecule has 0 saturated heterocycles. The molecule has 0 radical (unpaired) electrons. The monoisotopic (exact) mass is 422 g/mol. The van der Waals surface area contributed by atoms with Crippen molar-refractivity contribution in [3.63, 3.8) is 0 Å². The Morgan fingerprint density at radius 2 is 1.63 bits per heavy atom. The van der Waals surface area contributed by atoms with E-state index < -0.39 is 10.0 Å². The minimum absolute atomic E-state index is 0.0216. The standard InChI is InChI=1S/C21H22N6O2S/c1-15-9-11-18(12-10-15)13-26-14-22-21(24-26)25-30(28,29)20-16(2)23-27(17(20)3)19-7-5-4-6-8-19/h4-12,14H,13H2,1-3H3,(H,24,25). The predicted octanol–water partition coefficient (Wildman–Crippen LogP) is 3.24. The molecule has 8 nitrogen and oxygen atoms in total. The van der Waals surface area contributed by atoms with E-state index >= 15 is 0 Å². The molecule has 0 amide bonds. The van der Waals surface area contributed by atoms with Gasteiger partial charge in [-0.15, -0.1) is 5.10 Å². The molecule has 2 aromatic carbocycles. The number of rotatable bonds is 6. The molecular formula is C21H22N6O2S. The molecule has 0 aliphatic rings. The van der Waals surface area contributed by atoms with Crippen molar-refractivity contribution in [2.24, 2.45) is 0 Å². The minimum Gasteiger partial charge on any atom is -0.246 e. The fourth-order valence-corrected chi connectivity index (χ4v) is 4.65. The maximum atomic E-state index is 13.0. The van der Waals surface area contributed by atoms with Crippen LogP contribution < -0.4 is 4.72 Å². The predicted molar refractivity (Wildman–Crippen MR) is 114 cm³/mol. The van der Waals surface area contributed by atoms with Crippen LogP contribution in [0.25, 0.3) is 5.69 Å². The van der Waals surface area contributed by atoms with Gasteiger partial charge in [0.25, 0.3) is 16.0 Å². The zero-order valence-corrected chi connectivity index (χ0v) is 17.8. The van der Waals surface area contributed by atoms with Crippen molar-refractivity contribution in [1.29, 1.82) is 0 Å². The molecule has 154 valence electrons. The number of aromatic nitrogens is 5. The third kappa shape index (κ3) is 3.97. The zero-order chi connectivity index (χ0) is 21.3. The highest BCUT2D eigenvalue weighted by Gasteiger charge is 2.26. The van der Waals surface area contributed by atoms with Gasteiger partial charge in [-0.3, -0.25) is 0 Å². The van der Waals surface area contributed by atoms with Crippen molar-refractivity contribution in [3.8, 4) is 5.69 Å². The van der Waals surface area contributed by atoms with Crippen molar-refractivity contribution < 1.29 is 8.42 Å². The molecule has 9 heteroatoms. The van der Waals surface area contributed by atoms with Crippen LogP contribution in [0, 0.1) is 20.8 Å².